The van der Waals surface area contributed by atoms with Gasteiger partial charge in [-0.15, -0.1) is 0 Å². The molecule has 0 spiro atoms. The number of carbonyl (C=O) groups is 1. The van der Waals surface area contributed by atoms with Crippen molar-refractivity contribution < 1.29 is 9.90 Å². The molecule has 24 heavy (non-hydrogen) atoms. The Morgan fingerprint density at radius 3 is 2.71 bits per heavy atom. The SMILES string of the molecule is Cc1ccc2c(c1C)N[C@H](c1ccccc1C(=O)O)[C@@H]1CC=C[C@@H]21. The van der Waals surface area contributed by atoms with Crippen LogP contribution in [0.5, 0.6) is 0 Å². The average molecular weight is 319 g/mol. The summed E-state index contributed by atoms with van der Waals surface area (Å²) >= 11 is 0. The van der Waals surface area contributed by atoms with Gasteiger partial charge in [-0.2, -0.15) is 0 Å². The topological polar surface area (TPSA) is 49.3 Å². The van der Waals surface area contributed by atoms with Crippen molar-refractivity contribution in [1.29, 1.82) is 0 Å². The van der Waals surface area contributed by atoms with E-state index >= 15 is 0 Å². The van der Waals surface area contributed by atoms with Crippen LogP contribution < -0.4 is 5.32 Å². The summed E-state index contributed by atoms with van der Waals surface area (Å²) in [5.74, 6) is -0.144. The number of carboxylic acid groups (broad SMARTS) is 1. The van der Waals surface area contributed by atoms with Gasteiger partial charge in [-0.05, 0) is 54.5 Å². The summed E-state index contributed by atoms with van der Waals surface area (Å²) in [7, 11) is 0. The summed E-state index contributed by atoms with van der Waals surface area (Å²) < 4.78 is 0. The van der Waals surface area contributed by atoms with Gasteiger partial charge in [-0.25, -0.2) is 4.79 Å². The molecule has 0 saturated heterocycles. The lowest BCUT2D eigenvalue weighted by molar-refractivity contribution is 0.0694. The second kappa shape index (κ2) is 5.52. The molecule has 0 fully saturated rings. The summed E-state index contributed by atoms with van der Waals surface area (Å²) in [5, 5.41) is 13.3. The average Bonchev–Trinajstić information content (AvgIpc) is 3.07. The van der Waals surface area contributed by atoms with Gasteiger partial charge in [0.25, 0.3) is 0 Å². The molecule has 0 radical (unpaired) electrons. The first kappa shape index (κ1) is 15.0. The molecule has 0 aromatic heterocycles. The number of fused-ring (bicyclic) bond motifs is 3. The number of nitrogens with one attached hydrogen (secondary N) is 1. The second-order valence-electron chi connectivity index (χ2n) is 6.84. The van der Waals surface area contributed by atoms with E-state index in [0.29, 0.717) is 17.4 Å². The Labute approximate surface area is 142 Å². The summed E-state index contributed by atoms with van der Waals surface area (Å²) in [6.07, 6.45) is 5.50. The maximum Gasteiger partial charge on any atom is 0.336 e. The van der Waals surface area contributed by atoms with E-state index in [1.54, 1.807) is 12.1 Å². The Bertz CT molecular complexity index is 853. The molecule has 2 N–H and O–H groups in total. The molecule has 2 aliphatic rings. The monoisotopic (exact) mass is 319 g/mol. The number of allylic oxidation sites excluding steroid dienone is 2. The molecule has 1 aliphatic heterocycles. The Morgan fingerprint density at radius 2 is 1.92 bits per heavy atom. The molecular formula is C21H21NO2. The first-order valence-electron chi connectivity index (χ1n) is 8.43. The number of anilines is 1. The van der Waals surface area contributed by atoms with Crippen LogP contribution in [-0.2, 0) is 0 Å². The Morgan fingerprint density at radius 1 is 1.12 bits per heavy atom. The van der Waals surface area contributed by atoms with Crippen LogP contribution in [0, 0.1) is 19.8 Å². The fourth-order valence-electron chi connectivity index (χ4n) is 4.19. The summed E-state index contributed by atoms with van der Waals surface area (Å²) in [6.45, 7) is 4.26. The fraction of sp³-hybridized carbons (Fsp3) is 0.286. The van der Waals surface area contributed by atoms with Crippen LogP contribution in [-0.4, -0.2) is 11.1 Å². The van der Waals surface area contributed by atoms with Crippen LogP contribution in [0.15, 0.2) is 48.6 Å². The first-order valence-corrected chi connectivity index (χ1v) is 8.43. The van der Waals surface area contributed by atoms with E-state index in [9.17, 15) is 9.90 Å². The molecule has 1 heterocycles. The number of aromatic carboxylic acids is 1. The van der Waals surface area contributed by atoms with Crippen molar-refractivity contribution in [3.05, 3.63) is 76.4 Å². The minimum atomic E-state index is -0.860. The van der Waals surface area contributed by atoms with E-state index in [0.717, 1.165) is 12.0 Å². The third kappa shape index (κ3) is 2.15. The number of benzene rings is 2. The molecule has 1 aliphatic carbocycles. The van der Waals surface area contributed by atoms with Crippen LogP contribution in [0.25, 0.3) is 0 Å². The highest BCUT2D eigenvalue weighted by atomic mass is 16.4. The molecule has 0 saturated carbocycles. The van der Waals surface area contributed by atoms with Gasteiger partial charge in [-0.1, -0.05) is 42.5 Å². The number of carboxylic acids is 1. The summed E-state index contributed by atoms with van der Waals surface area (Å²) in [4.78, 5) is 11.7. The fourth-order valence-corrected chi connectivity index (χ4v) is 4.19. The van der Waals surface area contributed by atoms with Crippen molar-refractivity contribution in [2.75, 3.05) is 5.32 Å². The molecular weight excluding hydrogens is 298 g/mol. The molecule has 3 atom stereocenters. The largest absolute Gasteiger partial charge is 0.478 e. The Kier molecular flexibility index (Phi) is 3.45. The highest BCUT2D eigenvalue weighted by Crippen LogP contribution is 2.51. The zero-order chi connectivity index (χ0) is 16.8. The molecule has 122 valence electrons. The molecule has 3 heteroatoms. The van der Waals surface area contributed by atoms with Gasteiger partial charge < -0.3 is 10.4 Å². The first-order chi connectivity index (χ1) is 11.6. The standard InChI is InChI=1S/C21H21NO2/c1-12-10-11-17-14-8-5-9-15(14)20(22-19(17)13(12)2)16-6-3-4-7-18(16)21(23)24/h3-8,10-11,14-15,20,22H,9H2,1-2H3,(H,23,24)/t14-,15-,20+/m1/s1. The molecule has 4 rings (SSSR count). The van der Waals surface area contributed by atoms with Crippen molar-refractivity contribution >= 4 is 11.7 Å². The van der Waals surface area contributed by atoms with E-state index in [1.165, 1.54) is 22.4 Å². The molecule has 0 unspecified atom stereocenters. The highest BCUT2D eigenvalue weighted by Gasteiger charge is 2.39. The molecule has 3 nitrogen and oxygen atoms in total. The van der Waals surface area contributed by atoms with Gasteiger partial charge in [0.05, 0.1) is 11.6 Å². The second-order valence-corrected chi connectivity index (χ2v) is 6.84. The van der Waals surface area contributed by atoms with Gasteiger partial charge in [-0.3, -0.25) is 0 Å². The lowest BCUT2D eigenvalue weighted by atomic mass is 9.75. The highest BCUT2D eigenvalue weighted by molar-refractivity contribution is 5.90. The number of hydrogen-bond donors (Lipinski definition) is 2. The van der Waals surface area contributed by atoms with E-state index in [4.69, 9.17) is 0 Å². The van der Waals surface area contributed by atoms with Gasteiger partial charge in [0.1, 0.15) is 0 Å². The van der Waals surface area contributed by atoms with Crippen LogP contribution in [0.4, 0.5) is 5.69 Å². The molecule has 2 aromatic rings. The zero-order valence-electron chi connectivity index (χ0n) is 13.9. The van der Waals surface area contributed by atoms with Crippen molar-refractivity contribution in [2.24, 2.45) is 5.92 Å². The predicted octanol–water partition coefficient (Wildman–Crippen LogP) is 4.83. The van der Waals surface area contributed by atoms with Crippen LogP contribution in [0.1, 0.15) is 51.0 Å². The van der Waals surface area contributed by atoms with E-state index in [1.807, 2.05) is 12.1 Å². The minimum Gasteiger partial charge on any atom is -0.478 e. The number of aryl methyl sites for hydroxylation is 1. The Hall–Kier alpha value is -2.55. The smallest absolute Gasteiger partial charge is 0.336 e. The van der Waals surface area contributed by atoms with Crippen molar-refractivity contribution in [2.45, 2.75) is 32.2 Å². The Balaban J connectivity index is 1.87. The maximum absolute atomic E-state index is 11.7. The van der Waals surface area contributed by atoms with Gasteiger partial charge in [0.2, 0.25) is 0 Å². The molecule has 2 aromatic carbocycles. The van der Waals surface area contributed by atoms with Gasteiger partial charge in [0.15, 0.2) is 0 Å². The lowest BCUT2D eigenvalue weighted by Crippen LogP contribution is -2.30. The van der Waals surface area contributed by atoms with Crippen molar-refractivity contribution in [3.63, 3.8) is 0 Å². The van der Waals surface area contributed by atoms with Crippen LogP contribution >= 0.6 is 0 Å². The lowest BCUT2D eigenvalue weighted by Gasteiger charge is -2.39. The zero-order valence-corrected chi connectivity index (χ0v) is 13.9. The van der Waals surface area contributed by atoms with Crippen molar-refractivity contribution in [3.8, 4) is 0 Å². The number of hydrogen-bond acceptors (Lipinski definition) is 2. The predicted molar refractivity (Wildman–Crippen MR) is 95.7 cm³/mol. The quantitative estimate of drug-likeness (QED) is 0.780. The van der Waals surface area contributed by atoms with E-state index < -0.39 is 5.97 Å². The van der Waals surface area contributed by atoms with Gasteiger partial charge in [0, 0.05) is 11.6 Å². The van der Waals surface area contributed by atoms with Gasteiger partial charge >= 0.3 is 5.97 Å². The van der Waals surface area contributed by atoms with Crippen LogP contribution in [0.2, 0.25) is 0 Å². The minimum absolute atomic E-state index is 0.0188. The number of rotatable bonds is 2. The summed E-state index contributed by atoms with van der Waals surface area (Å²) in [5.41, 5.74) is 6.30. The van der Waals surface area contributed by atoms with Crippen LogP contribution in [0.3, 0.4) is 0 Å². The third-order valence-corrected chi connectivity index (χ3v) is 5.59. The van der Waals surface area contributed by atoms with E-state index in [2.05, 4.69) is 43.4 Å². The summed E-state index contributed by atoms with van der Waals surface area (Å²) in [6, 6.07) is 11.8. The van der Waals surface area contributed by atoms with Crippen molar-refractivity contribution in [1.82, 2.24) is 0 Å². The normalized spacial score (nSPS) is 24.2. The van der Waals surface area contributed by atoms with E-state index in [-0.39, 0.29) is 6.04 Å². The molecule has 0 bridgehead atoms. The molecule has 0 amide bonds. The third-order valence-electron chi connectivity index (χ3n) is 5.59. The maximum atomic E-state index is 11.7.